The number of aliphatic hydroxyl groups excluding tert-OH is 1. The number of hydrogen-bond acceptors (Lipinski definition) is 4. The molecule has 0 aromatic heterocycles. The Kier molecular flexibility index (Phi) is 19.5. The van der Waals surface area contributed by atoms with E-state index >= 15 is 0 Å². The summed E-state index contributed by atoms with van der Waals surface area (Å²) in [5, 5.41) is 8.95. The van der Waals surface area contributed by atoms with Gasteiger partial charge < -0.3 is 9.84 Å². The number of esters is 1. The summed E-state index contributed by atoms with van der Waals surface area (Å²) >= 11 is 4.03. The van der Waals surface area contributed by atoms with E-state index < -0.39 is 6.10 Å². The van der Waals surface area contributed by atoms with Gasteiger partial charge in [-0.3, -0.25) is 4.79 Å². The molecule has 0 saturated carbocycles. The van der Waals surface area contributed by atoms with Crippen molar-refractivity contribution in [1.29, 1.82) is 0 Å². The van der Waals surface area contributed by atoms with E-state index in [1.54, 1.807) is 0 Å². The van der Waals surface area contributed by atoms with Crippen LogP contribution in [0.1, 0.15) is 96.8 Å². The molecule has 25 heavy (non-hydrogen) atoms. The first kappa shape index (κ1) is 24.5. The molecule has 0 aliphatic carbocycles. The number of aliphatic hydroxyl groups is 1. The molecular weight excluding hydrogens is 332 g/mol. The molecule has 0 rings (SSSR count). The molecule has 0 amide bonds. The summed E-state index contributed by atoms with van der Waals surface area (Å²) in [4.78, 5) is 11.5. The van der Waals surface area contributed by atoms with Crippen LogP contribution in [0.15, 0.2) is 12.2 Å². The third kappa shape index (κ3) is 18.1. The number of hydrogen-bond donors (Lipinski definition) is 2. The second kappa shape index (κ2) is 19.8. The van der Waals surface area contributed by atoms with Crippen molar-refractivity contribution in [3.05, 3.63) is 12.2 Å². The van der Waals surface area contributed by atoms with Gasteiger partial charge in [-0.25, -0.2) is 0 Å². The molecule has 0 heterocycles. The first-order chi connectivity index (χ1) is 12.2. The van der Waals surface area contributed by atoms with E-state index in [2.05, 4.69) is 31.7 Å². The highest BCUT2D eigenvalue weighted by molar-refractivity contribution is 7.80. The fourth-order valence-corrected chi connectivity index (χ4v) is 2.91. The standard InChI is InChI=1S/C21H40O3S/c1-2-3-4-5-6-7-8-9-10-11-12-13-14-15-16-17-21(23)24-20(18-22)19-25/h9-10,20,22,25H,2-8,11-19H2,1H3. The summed E-state index contributed by atoms with van der Waals surface area (Å²) in [6, 6.07) is 0. The van der Waals surface area contributed by atoms with Gasteiger partial charge in [0.2, 0.25) is 0 Å². The highest BCUT2D eigenvalue weighted by Gasteiger charge is 2.10. The summed E-state index contributed by atoms with van der Waals surface area (Å²) in [5.74, 6) is 0.153. The molecule has 3 nitrogen and oxygen atoms in total. The molecule has 0 saturated heterocycles. The largest absolute Gasteiger partial charge is 0.459 e. The fraction of sp³-hybridized carbons (Fsp3) is 0.857. The number of rotatable bonds is 18. The highest BCUT2D eigenvalue weighted by Crippen LogP contribution is 2.10. The molecule has 0 aromatic carbocycles. The van der Waals surface area contributed by atoms with Crippen LogP contribution in [0.3, 0.4) is 0 Å². The van der Waals surface area contributed by atoms with Crippen LogP contribution in [-0.2, 0) is 9.53 Å². The molecule has 0 spiro atoms. The second-order valence-corrected chi connectivity index (χ2v) is 7.18. The molecule has 148 valence electrons. The summed E-state index contributed by atoms with van der Waals surface area (Å²) in [7, 11) is 0. The van der Waals surface area contributed by atoms with E-state index in [9.17, 15) is 4.79 Å². The number of ether oxygens (including phenoxy) is 1. The van der Waals surface area contributed by atoms with E-state index in [1.165, 1.54) is 70.6 Å². The quantitative estimate of drug-likeness (QED) is 0.137. The van der Waals surface area contributed by atoms with Crippen molar-refractivity contribution in [2.45, 2.75) is 103 Å². The Morgan fingerprint density at radius 3 is 1.96 bits per heavy atom. The SMILES string of the molecule is CCCCCCCCC=CCCCCCCCC(=O)OC(CO)CS. The lowest BCUT2D eigenvalue weighted by Crippen LogP contribution is -2.23. The minimum absolute atomic E-state index is 0.151. The van der Waals surface area contributed by atoms with Gasteiger partial charge in [-0.2, -0.15) is 12.6 Å². The predicted octanol–water partition coefficient (Wildman–Crippen LogP) is 5.86. The summed E-state index contributed by atoms with van der Waals surface area (Å²) < 4.78 is 5.09. The average Bonchev–Trinajstić information content (AvgIpc) is 2.62. The minimum atomic E-state index is -0.459. The van der Waals surface area contributed by atoms with Gasteiger partial charge in [0.25, 0.3) is 0 Å². The molecule has 1 N–H and O–H groups in total. The maximum absolute atomic E-state index is 11.5. The lowest BCUT2D eigenvalue weighted by atomic mass is 10.1. The van der Waals surface area contributed by atoms with Gasteiger partial charge in [0, 0.05) is 12.2 Å². The Morgan fingerprint density at radius 1 is 0.920 bits per heavy atom. The monoisotopic (exact) mass is 372 g/mol. The lowest BCUT2D eigenvalue weighted by Gasteiger charge is -2.12. The van der Waals surface area contributed by atoms with Crippen LogP contribution in [0.5, 0.6) is 0 Å². The van der Waals surface area contributed by atoms with Crippen molar-refractivity contribution in [3.8, 4) is 0 Å². The Labute approximate surface area is 161 Å². The first-order valence-corrected chi connectivity index (χ1v) is 10.9. The van der Waals surface area contributed by atoms with Gasteiger partial charge in [0.1, 0.15) is 6.10 Å². The highest BCUT2D eigenvalue weighted by atomic mass is 32.1. The van der Waals surface area contributed by atoms with Gasteiger partial charge in [0.15, 0.2) is 0 Å². The average molecular weight is 373 g/mol. The summed E-state index contributed by atoms with van der Waals surface area (Å²) in [6.07, 6.45) is 20.9. The zero-order chi connectivity index (χ0) is 18.6. The van der Waals surface area contributed by atoms with Crippen molar-refractivity contribution < 1.29 is 14.6 Å². The molecule has 0 aromatic rings. The zero-order valence-electron chi connectivity index (χ0n) is 16.3. The van der Waals surface area contributed by atoms with E-state index in [-0.39, 0.29) is 12.6 Å². The lowest BCUT2D eigenvalue weighted by molar-refractivity contribution is -0.149. The molecule has 0 radical (unpaired) electrons. The normalized spacial score (nSPS) is 12.6. The Balaban J connectivity index is 3.28. The van der Waals surface area contributed by atoms with Crippen LogP contribution in [0.25, 0.3) is 0 Å². The Morgan fingerprint density at radius 2 is 1.44 bits per heavy atom. The number of carbonyl (C=O) groups excluding carboxylic acids is 1. The predicted molar refractivity (Wildman–Crippen MR) is 110 cm³/mol. The van der Waals surface area contributed by atoms with Crippen LogP contribution in [0.2, 0.25) is 0 Å². The minimum Gasteiger partial charge on any atom is -0.459 e. The van der Waals surface area contributed by atoms with Gasteiger partial charge in [0.05, 0.1) is 6.61 Å². The maximum atomic E-state index is 11.5. The van der Waals surface area contributed by atoms with E-state index in [0.717, 1.165) is 12.8 Å². The number of allylic oxidation sites excluding steroid dienone is 2. The van der Waals surface area contributed by atoms with Crippen LogP contribution in [0, 0.1) is 0 Å². The van der Waals surface area contributed by atoms with Crippen LogP contribution < -0.4 is 0 Å². The van der Waals surface area contributed by atoms with Crippen molar-refractivity contribution in [1.82, 2.24) is 0 Å². The molecular formula is C21H40O3S. The van der Waals surface area contributed by atoms with E-state index in [1.807, 2.05) is 0 Å². The van der Waals surface area contributed by atoms with Crippen LogP contribution in [0.4, 0.5) is 0 Å². The van der Waals surface area contributed by atoms with Gasteiger partial charge in [-0.1, -0.05) is 70.4 Å². The van der Waals surface area contributed by atoms with E-state index in [0.29, 0.717) is 12.2 Å². The summed E-state index contributed by atoms with van der Waals surface area (Å²) in [6.45, 7) is 2.11. The number of thiol groups is 1. The third-order valence-corrected chi connectivity index (χ3v) is 4.76. The number of unbranched alkanes of at least 4 members (excludes halogenated alkanes) is 11. The molecule has 4 heteroatoms. The van der Waals surface area contributed by atoms with Crippen LogP contribution in [-0.4, -0.2) is 29.5 Å². The third-order valence-electron chi connectivity index (χ3n) is 4.35. The van der Waals surface area contributed by atoms with Crippen molar-refractivity contribution in [2.24, 2.45) is 0 Å². The van der Waals surface area contributed by atoms with Gasteiger partial charge in [-0.05, 0) is 32.1 Å². The molecule has 1 atom stereocenters. The zero-order valence-corrected chi connectivity index (χ0v) is 17.2. The second-order valence-electron chi connectivity index (χ2n) is 6.81. The van der Waals surface area contributed by atoms with E-state index in [4.69, 9.17) is 9.84 Å². The fourth-order valence-electron chi connectivity index (χ4n) is 2.72. The maximum Gasteiger partial charge on any atom is 0.306 e. The van der Waals surface area contributed by atoms with Crippen LogP contribution >= 0.6 is 12.6 Å². The van der Waals surface area contributed by atoms with Gasteiger partial charge in [-0.15, -0.1) is 0 Å². The molecule has 0 bridgehead atoms. The molecule has 0 aliphatic rings. The molecule has 0 fully saturated rings. The molecule has 0 aliphatic heterocycles. The molecule has 1 unspecified atom stereocenters. The number of carbonyl (C=O) groups is 1. The van der Waals surface area contributed by atoms with Crippen molar-refractivity contribution in [3.63, 3.8) is 0 Å². The topological polar surface area (TPSA) is 46.5 Å². The van der Waals surface area contributed by atoms with Crippen molar-refractivity contribution >= 4 is 18.6 Å². The van der Waals surface area contributed by atoms with Crippen molar-refractivity contribution in [2.75, 3.05) is 12.4 Å². The first-order valence-electron chi connectivity index (χ1n) is 10.3. The smallest absolute Gasteiger partial charge is 0.306 e. The Hall–Kier alpha value is -0.480. The van der Waals surface area contributed by atoms with Gasteiger partial charge >= 0.3 is 5.97 Å². The summed E-state index contributed by atoms with van der Waals surface area (Å²) in [5.41, 5.74) is 0. The Bertz CT molecular complexity index is 314.